The number of hydrogen-bond donors (Lipinski definition) is 1. The number of nitrogens with zero attached hydrogens (tertiary/aromatic N) is 1. The highest BCUT2D eigenvalue weighted by Crippen LogP contribution is 2.33. The SMILES string of the molecule is CC(C)(CON)c1ccc([N+](=O)[O-])s1. The minimum Gasteiger partial charge on any atom is -0.304 e. The summed E-state index contributed by atoms with van der Waals surface area (Å²) in [5.74, 6) is 4.99. The van der Waals surface area contributed by atoms with Crippen molar-refractivity contribution in [3.05, 3.63) is 27.1 Å². The van der Waals surface area contributed by atoms with Crippen molar-refractivity contribution < 1.29 is 9.76 Å². The summed E-state index contributed by atoms with van der Waals surface area (Å²) in [5, 5.41) is 10.6. The summed E-state index contributed by atoms with van der Waals surface area (Å²) in [6.07, 6.45) is 0. The van der Waals surface area contributed by atoms with Crippen LogP contribution in [0.1, 0.15) is 18.7 Å². The molecule has 0 aliphatic carbocycles. The summed E-state index contributed by atoms with van der Waals surface area (Å²) in [6.45, 7) is 4.19. The van der Waals surface area contributed by atoms with Crippen molar-refractivity contribution >= 4 is 16.3 Å². The summed E-state index contributed by atoms with van der Waals surface area (Å²) in [4.78, 5) is 15.5. The monoisotopic (exact) mass is 216 g/mol. The fraction of sp³-hybridized carbons (Fsp3) is 0.500. The first kappa shape index (κ1) is 11.1. The molecule has 1 heterocycles. The summed E-state index contributed by atoms with van der Waals surface area (Å²) in [6, 6.07) is 3.24. The molecule has 0 aliphatic rings. The van der Waals surface area contributed by atoms with E-state index in [4.69, 9.17) is 5.90 Å². The molecule has 0 atom stereocenters. The third-order valence-electron chi connectivity index (χ3n) is 1.88. The van der Waals surface area contributed by atoms with E-state index >= 15 is 0 Å². The molecule has 0 aromatic carbocycles. The molecule has 1 aromatic heterocycles. The van der Waals surface area contributed by atoms with Gasteiger partial charge in [-0.15, -0.1) is 0 Å². The van der Waals surface area contributed by atoms with Gasteiger partial charge in [-0.1, -0.05) is 25.2 Å². The lowest BCUT2D eigenvalue weighted by Crippen LogP contribution is -2.24. The van der Waals surface area contributed by atoms with Crippen LogP contribution in [0.25, 0.3) is 0 Å². The highest BCUT2D eigenvalue weighted by Gasteiger charge is 2.25. The van der Waals surface area contributed by atoms with E-state index in [0.717, 1.165) is 16.2 Å². The van der Waals surface area contributed by atoms with Crippen molar-refractivity contribution in [2.45, 2.75) is 19.3 Å². The molecule has 1 rings (SSSR count). The highest BCUT2D eigenvalue weighted by atomic mass is 32.1. The van der Waals surface area contributed by atoms with Crippen LogP contribution >= 0.6 is 11.3 Å². The third-order valence-corrected chi connectivity index (χ3v) is 3.29. The Bertz CT molecular complexity index is 335. The molecule has 78 valence electrons. The summed E-state index contributed by atoms with van der Waals surface area (Å²) >= 11 is 1.15. The fourth-order valence-electron chi connectivity index (χ4n) is 1.07. The molecule has 2 N–H and O–H groups in total. The van der Waals surface area contributed by atoms with Crippen molar-refractivity contribution in [1.29, 1.82) is 0 Å². The first-order valence-corrected chi connectivity index (χ1v) is 4.85. The third kappa shape index (κ3) is 2.28. The van der Waals surface area contributed by atoms with Gasteiger partial charge in [0.15, 0.2) is 0 Å². The van der Waals surface area contributed by atoms with Crippen molar-refractivity contribution in [2.24, 2.45) is 5.90 Å². The quantitative estimate of drug-likeness (QED) is 0.615. The van der Waals surface area contributed by atoms with Gasteiger partial charge in [0.05, 0.1) is 11.5 Å². The average Bonchev–Trinajstić information content (AvgIpc) is 2.51. The topological polar surface area (TPSA) is 78.4 Å². The van der Waals surface area contributed by atoms with Gasteiger partial charge in [0.2, 0.25) is 0 Å². The van der Waals surface area contributed by atoms with Gasteiger partial charge in [0.1, 0.15) is 0 Å². The Balaban J connectivity index is 2.90. The van der Waals surface area contributed by atoms with Gasteiger partial charge in [-0.3, -0.25) is 10.1 Å². The van der Waals surface area contributed by atoms with Crippen LogP contribution < -0.4 is 5.90 Å². The molecule has 0 fully saturated rings. The predicted octanol–water partition coefficient (Wildman–Crippen LogP) is 1.82. The first-order valence-electron chi connectivity index (χ1n) is 4.04. The van der Waals surface area contributed by atoms with E-state index in [1.807, 2.05) is 13.8 Å². The van der Waals surface area contributed by atoms with E-state index in [1.165, 1.54) is 6.07 Å². The van der Waals surface area contributed by atoms with Crippen LogP contribution in [0, 0.1) is 10.1 Å². The van der Waals surface area contributed by atoms with E-state index in [1.54, 1.807) is 6.07 Å². The van der Waals surface area contributed by atoms with E-state index in [0.29, 0.717) is 6.61 Å². The minimum atomic E-state index is -0.395. The lowest BCUT2D eigenvalue weighted by Gasteiger charge is -2.20. The van der Waals surface area contributed by atoms with Crippen LogP contribution in [0.5, 0.6) is 0 Å². The smallest absolute Gasteiger partial charge is 0.304 e. The molecule has 14 heavy (non-hydrogen) atoms. The highest BCUT2D eigenvalue weighted by molar-refractivity contribution is 7.15. The number of nitro groups is 1. The van der Waals surface area contributed by atoms with Gasteiger partial charge >= 0.3 is 5.00 Å². The molecule has 0 unspecified atom stereocenters. The Labute approximate surface area is 85.6 Å². The van der Waals surface area contributed by atoms with Crippen LogP contribution in [-0.2, 0) is 10.3 Å². The molecule has 1 aromatic rings. The number of thiophene rings is 1. The van der Waals surface area contributed by atoms with E-state index in [-0.39, 0.29) is 10.4 Å². The molecule has 0 aliphatic heterocycles. The largest absolute Gasteiger partial charge is 0.324 e. The van der Waals surface area contributed by atoms with Gasteiger partial charge in [-0.25, -0.2) is 5.90 Å². The summed E-state index contributed by atoms with van der Waals surface area (Å²) < 4.78 is 0. The van der Waals surface area contributed by atoms with Crippen LogP contribution in [0.4, 0.5) is 5.00 Å². The maximum absolute atomic E-state index is 10.5. The second kappa shape index (κ2) is 4.04. The van der Waals surface area contributed by atoms with E-state index < -0.39 is 4.92 Å². The lowest BCUT2D eigenvalue weighted by molar-refractivity contribution is -0.380. The Morgan fingerprint density at radius 3 is 2.71 bits per heavy atom. The normalized spacial score (nSPS) is 11.6. The van der Waals surface area contributed by atoms with Gasteiger partial charge in [-0.05, 0) is 6.07 Å². The van der Waals surface area contributed by atoms with Crippen LogP contribution in [0.3, 0.4) is 0 Å². The van der Waals surface area contributed by atoms with Crippen LogP contribution in [-0.4, -0.2) is 11.5 Å². The molecule has 5 nitrogen and oxygen atoms in total. The van der Waals surface area contributed by atoms with E-state index in [9.17, 15) is 10.1 Å². The molecule has 0 amide bonds. The zero-order chi connectivity index (χ0) is 10.8. The lowest BCUT2D eigenvalue weighted by atomic mass is 9.93. The zero-order valence-corrected chi connectivity index (χ0v) is 8.84. The van der Waals surface area contributed by atoms with Crippen molar-refractivity contribution in [3.8, 4) is 0 Å². The minimum absolute atomic E-state index is 0.144. The zero-order valence-electron chi connectivity index (χ0n) is 8.02. The van der Waals surface area contributed by atoms with Crippen molar-refractivity contribution in [1.82, 2.24) is 0 Å². The van der Waals surface area contributed by atoms with Crippen LogP contribution in [0.2, 0.25) is 0 Å². The fourth-order valence-corrected chi connectivity index (χ4v) is 1.98. The second-order valence-electron chi connectivity index (χ2n) is 3.59. The summed E-state index contributed by atoms with van der Waals surface area (Å²) in [7, 11) is 0. The number of nitrogens with two attached hydrogens (primary N) is 1. The second-order valence-corrected chi connectivity index (χ2v) is 4.65. The molecule has 0 radical (unpaired) electrons. The maximum atomic E-state index is 10.5. The van der Waals surface area contributed by atoms with Crippen LogP contribution in [0.15, 0.2) is 12.1 Å². The van der Waals surface area contributed by atoms with Gasteiger partial charge in [0, 0.05) is 16.4 Å². The van der Waals surface area contributed by atoms with Crippen molar-refractivity contribution in [3.63, 3.8) is 0 Å². The molecule has 0 saturated heterocycles. The average molecular weight is 216 g/mol. The van der Waals surface area contributed by atoms with Gasteiger partial charge in [-0.2, -0.15) is 0 Å². The number of hydrogen-bond acceptors (Lipinski definition) is 5. The maximum Gasteiger partial charge on any atom is 0.324 e. The Morgan fingerprint density at radius 2 is 2.29 bits per heavy atom. The first-order chi connectivity index (χ1) is 6.47. The standard InChI is InChI=1S/C8H12N2O3S/c1-8(2,5-13-9)6-3-4-7(14-6)10(11)12/h3-4H,5,9H2,1-2H3. The Morgan fingerprint density at radius 1 is 1.64 bits per heavy atom. The van der Waals surface area contributed by atoms with Gasteiger partial charge in [0.25, 0.3) is 0 Å². The molecule has 0 saturated carbocycles. The molecular weight excluding hydrogens is 204 g/mol. The molecule has 0 spiro atoms. The summed E-state index contributed by atoms with van der Waals surface area (Å²) in [5.41, 5.74) is -0.284. The molecular formula is C8H12N2O3S. The number of rotatable bonds is 4. The Hall–Kier alpha value is -0.980. The predicted molar refractivity (Wildman–Crippen MR) is 54.1 cm³/mol. The molecule has 0 bridgehead atoms. The Kier molecular flexibility index (Phi) is 3.20. The van der Waals surface area contributed by atoms with Crippen molar-refractivity contribution in [2.75, 3.05) is 6.61 Å². The van der Waals surface area contributed by atoms with E-state index in [2.05, 4.69) is 4.84 Å². The van der Waals surface area contributed by atoms with Gasteiger partial charge < -0.3 is 4.84 Å². The molecule has 6 heteroatoms.